The van der Waals surface area contributed by atoms with Gasteiger partial charge in [-0.1, -0.05) is 0 Å². The second kappa shape index (κ2) is 4.81. The third kappa shape index (κ3) is 2.06. The fourth-order valence-corrected chi connectivity index (χ4v) is 1.55. The number of hydrogen-bond acceptors (Lipinski definition) is 3. The number of rotatable bonds is 4. The SMILES string of the molecule is COCc1nccn1-c1ccc(OC)cc1. The molecule has 0 bridgehead atoms. The summed E-state index contributed by atoms with van der Waals surface area (Å²) >= 11 is 0. The highest BCUT2D eigenvalue weighted by Crippen LogP contribution is 2.16. The van der Waals surface area contributed by atoms with E-state index in [1.54, 1.807) is 20.4 Å². The molecule has 0 N–H and O–H groups in total. The highest BCUT2D eigenvalue weighted by atomic mass is 16.5. The molecule has 1 aromatic carbocycles. The van der Waals surface area contributed by atoms with E-state index in [1.165, 1.54) is 0 Å². The summed E-state index contributed by atoms with van der Waals surface area (Å²) in [4.78, 5) is 4.23. The van der Waals surface area contributed by atoms with Crippen LogP contribution >= 0.6 is 0 Å². The first-order chi connectivity index (χ1) is 7.85. The van der Waals surface area contributed by atoms with Crippen LogP contribution in [0.15, 0.2) is 36.7 Å². The molecule has 0 fully saturated rings. The fraction of sp³-hybridized carbons (Fsp3) is 0.250. The summed E-state index contributed by atoms with van der Waals surface area (Å²) in [5.41, 5.74) is 1.05. The molecule has 0 aliphatic carbocycles. The summed E-state index contributed by atoms with van der Waals surface area (Å²) in [6, 6.07) is 7.82. The maximum absolute atomic E-state index is 5.11. The normalized spacial score (nSPS) is 10.4. The predicted octanol–water partition coefficient (Wildman–Crippen LogP) is 2.03. The maximum Gasteiger partial charge on any atom is 0.139 e. The fourth-order valence-electron chi connectivity index (χ4n) is 1.55. The quantitative estimate of drug-likeness (QED) is 0.787. The molecule has 1 heterocycles. The van der Waals surface area contributed by atoms with Crippen LogP contribution in [-0.2, 0) is 11.3 Å². The Kier molecular flexibility index (Phi) is 3.22. The van der Waals surface area contributed by atoms with Gasteiger partial charge in [-0.25, -0.2) is 4.98 Å². The van der Waals surface area contributed by atoms with Crippen LogP contribution in [-0.4, -0.2) is 23.8 Å². The molecule has 0 amide bonds. The van der Waals surface area contributed by atoms with Crippen LogP contribution in [0.25, 0.3) is 5.69 Å². The molecule has 0 spiro atoms. The number of nitrogens with zero attached hydrogens (tertiary/aromatic N) is 2. The number of benzene rings is 1. The molecule has 0 unspecified atom stereocenters. The third-order valence-electron chi connectivity index (χ3n) is 2.34. The number of methoxy groups -OCH3 is 2. The average molecular weight is 218 g/mol. The lowest BCUT2D eigenvalue weighted by Crippen LogP contribution is -2.01. The summed E-state index contributed by atoms with van der Waals surface area (Å²) < 4.78 is 12.2. The van der Waals surface area contributed by atoms with Crippen molar-refractivity contribution in [1.29, 1.82) is 0 Å². The van der Waals surface area contributed by atoms with E-state index in [2.05, 4.69) is 4.98 Å². The molecular formula is C12H14N2O2. The predicted molar refractivity (Wildman–Crippen MR) is 60.8 cm³/mol. The van der Waals surface area contributed by atoms with Crippen molar-refractivity contribution >= 4 is 0 Å². The van der Waals surface area contributed by atoms with Gasteiger partial charge >= 0.3 is 0 Å². The largest absolute Gasteiger partial charge is 0.497 e. The van der Waals surface area contributed by atoms with Crippen LogP contribution < -0.4 is 4.74 Å². The Bertz CT molecular complexity index is 448. The van der Waals surface area contributed by atoms with Crippen molar-refractivity contribution in [2.75, 3.05) is 14.2 Å². The summed E-state index contributed by atoms with van der Waals surface area (Å²) in [6.45, 7) is 0.499. The molecule has 0 atom stereocenters. The first-order valence-corrected chi connectivity index (χ1v) is 5.00. The Morgan fingerprint density at radius 2 is 1.94 bits per heavy atom. The summed E-state index contributed by atoms with van der Waals surface area (Å²) in [5, 5.41) is 0. The summed E-state index contributed by atoms with van der Waals surface area (Å²) in [5.74, 6) is 1.73. The molecule has 84 valence electrons. The Labute approximate surface area is 94.4 Å². The van der Waals surface area contributed by atoms with Crippen molar-refractivity contribution in [3.05, 3.63) is 42.5 Å². The minimum absolute atomic E-state index is 0.499. The van der Waals surface area contributed by atoms with Crippen molar-refractivity contribution in [2.45, 2.75) is 6.61 Å². The van der Waals surface area contributed by atoms with Crippen molar-refractivity contribution in [3.8, 4) is 11.4 Å². The van der Waals surface area contributed by atoms with Gasteiger partial charge in [-0.3, -0.25) is 0 Å². The molecule has 2 rings (SSSR count). The highest BCUT2D eigenvalue weighted by Gasteiger charge is 2.04. The lowest BCUT2D eigenvalue weighted by molar-refractivity contribution is 0.176. The van der Waals surface area contributed by atoms with Crippen LogP contribution in [0.1, 0.15) is 5.82 Å². The van der Waals surface area contributed by atoms with Gasteiger partial charge in [0.2, 0.25) is 0 Å². The van der Waals surface area contributed by atoms with Gasteiger partial charge in [0, 0.05) is 25.2 Å². The smallest absolute Gasteiger partial charge is 0.139 e. The molecular weight excluding hydrogens is 204 g/mol. The van der Waals surface area contributed by atoms with Crippen LogP contribution in [0.2, 0.25) is 0 Å². The van der Waals surface area contributed by atoms with Gasteiger partial charge in [0.1, 0.15) is 18.2 Å². The van der Waals surface area contributed by atoms with E-state index in [0.29, 0.717) is 6.61 Å². The molecule has 4 heteroatoms. The number of ether oxygens (including phenoxy) is 2. The molecule has 0 aliphatic heterocycles. The minimum Gasteiger partial charge on any atom is -0.497 e. The first kappa shape index (κ1) is 10.7. The lowest BCUT2D eigenvalue weighted by atomic mass is 10.3. The minimum atomic E-state index is 0.499. The van der Waals surface area contributed by atoms with Crippen molar-refractivity contribution < 1.29 is 9.47 Å². The third-order valence-corrected chi connectivity index (χ3v) is 2.34. The zero-order valence-electron chi connectivity index (χ0n) is 9.38. The van der Waals surface area contributed by atoms with Crippen molar-refractivity contribution in [2.24, 2.45) is 0 Å². The zero-order chi connectivity index (χ0) is 11.4. The van der Waals surface area contributed by atoms with E-state index in [1.807, 2.05) is 35.0 Å². The summed E-state index contributed by atoms with van der Waals surface area (Å²) in [7, 11) is 3.32. The van der Waals surface area contributed by atoms with Crippen molar-refractivity contribution in [1.82, 2.24) is 9.55 Å². The molecule has 2 aromatic rings. The average Bonchev–Trinajstić information content (AvgIpc) is 2.78. The van der Waals surface area contributed by atoms with Crippen molar-refractivity contribution in [3.63, 3.8) is 0 Å². The molecule has 0 radical (unpaired) electrons. The van der Waals surface area contributed by atoms with Crippen LogP contribution in [0.5, 0.6) is 5.75 Å². The van der Waals surface area contributed by atoms with E-state index in [0.717, 1.165) is 17.3 Å². The monoisotopic (exact) mass is 218 g/mol. The Hall–Kier alpha value is -1.81. The van der Waals surface area contributed by atoms with Crippen LogP contribution in [0.3, 0.4) is 0 Å². The Balaban J connectivity index is 2.31. The van der Waals surface area contributed by atoms with Gasteiger partial charge in [-0.2, -0.15) is 0 Å². The van der Waals surface area contributed by atoms with Gasteiger partial charge in [0.15, 0.2) is 0 Å². The lowest BCUT2D eigenvalue weighted by Gasteiger charge is -2.07. The number of imidazole rings is 1. The molecule has 16 heavy (non-hydrogen) atoms. The van der Waals surface area contributed by atoms with Crippen LogP contribution in [0, 0.1) is 0 Å². The second-order valence-corrected chi connectivity index (χ2v) is 3.34. The zero-order valence-corrected chi connectivity index (χ0v) is 9.38. The van der Waals surface area contributed by atoms with Gasteiger partial charge in [-0.15, -0.1) is 0 Å². The van der Waals surface area contributed by atoms with E-state index in [9.17, 15) is 0 Å². The van der Waals surface area contributed by atoms with Crippen LogP contribution in [0.4, 0.5) is 0 Å². The molecule has 1 aromatic heterocycles. The Morgan fingerprint density at radius 3 is 2.56 bits per heavy atom. The van der Waals surface area contributed by atoms with Gasteiger partial charge in [0.25, 0.3) is 0 Å². The molecule has 0 saturated heterocycles. The second-order valence-electron chi connectivity index (χ2n) is 3.34. The first-order valence-electron chi connectivity index (χ1n) is 5.00. The molecule has 4 nitrogen and oxygen atoms in total. The maximum atomic E-state index is 5.11. The highest BCUT2D eigenvalue weighted by molar-refractivity contribution is 5.38. The summed E-state index contributed by atoms with van der Waals surface area (Å²) in [6.07, 6.45) is 3.68. The van der Waals surface area contributed by atoms with Gasteiger partial charge in [-0.05, 0) is 24.3 Å². The molecule has 0 saturated carbocycles. The number of aromatic nitrogens is 2. The van der Waals surface area contributed by atoms with E-state index < -0.39 is 0 Å². The topological polar surface area (TPSA) is 36.3 Å². The molecule has 0 aliphatic rings. The standard InChI is InChI=1S/C12H14N2O2/c1-15-9-12-13-7-8-14(12)10-3-5-11(16-2)6-4-10/h3-8H,9H2,1-2H3. The van der Waals surface area contributed by atoms with Gasteiger partial charge in [0.05, 0.1) is 7.11 Å². The Morgan fingerprint density at radius 1 is 1.19 bits per heavy atom. The van der Waals surface area contributed by atoms with E-state index in [4.69, 9.17) is 9.47 Å². The van der Waals surface area contributed by atoms with E-state index in [-0.39, 0.29) is 0 Å². The van der Waals surface area contributed by atoms with Gasteiger partial charge < -0.3 is 14.0 Å². The number of hydrogen-bond donors (Lipinski definition) is 0. The van der Waals surface area contributed by atoms with E-state index >= 15 is 0 Å².